The zero-order valence-corrected chi connectivity index (χ0v) is 26.2. The highest BCUT2D eigenvalue weighted by Gasteiger charge is 2.67. The van der Waals surface area contributed by atoms with Crippen molar-refractivity contribution in [3.05, 3.63) is 23.0 Å². The van der Waals surface area contributed by atoms with Crippen LogP contribution in [-0.2, 0) is 27.9 Å². The van der Waals surface area contributed by atoms with Gasteiger partial charge in [-0.1, -0.05) is 46.8 Å². The average molecular weight is 576 g/mol. The zero-order valence-electron chi connectivity index (χ0n) is 23.4. The van der Waals surface area contributed by atoms with Crippen LogP contribution in [0.25, 0.3) is 0 Å². The topological polar surface area (TPSA) is 171 Å². The van der Waals surface area contributed by atoms with Gasteiger partial charge in [0.2, 0.25) is 0 Å². The lowest BCUT2D eigenvalue weighted by atomic mass is 9.89. The van der Waals surface area contributed by atoms with E-state index >= 15 is 0 Å². The van der Waals surface area contributed by atoms with Gasteiger partial charge in [0.15, 0.2) is 28.5 Å². The minimum absolute atomic E-state index is 0.0188. The standard InChI is InChI=1S/C22H41N5O7SSi2/c1-20(2,3)36(7,8)31-12-16-22(15(23)13-35(29,30)34-22)17(33-37(9,10)21(4,5)6)19(32-16)27-14(18(24)28)11-25-26-27/h11,13,16-17,19H,12,23H2,1-10H3,(H2,24,28)/t16-,17+,19-,22-/m1/s1. The second-order valence-electron chi connectivity index (χ2n) is 12.8. The van der Waals surface area contributed by atoms with Crippen LogP contribution in [0.2, 0.25) is 36.3 Å². The Morgan fingerprint density at radius 2 is 1.70 bits per heavy atom. The molecule has 3 heterocycles. The molecule has 12 nitrogen and oxygen atoms in total. The number of nitrogens with two attached hydrogens (primary N) is 2. The molecule has 2 aliphatic rings. The van der Waals surface area contributed by atoms with Gasteiger partial charge in [0, 0.05) is 0 Å². The molecule has 0 bridgehead atoms. The Morgan fingerprint density at radius 3 is 2.16 bits per heavy atom. The van der Waals surface area contributed by atoms with Crippen molar-refractivity contribution in [2.75, 3.05) is 6.61 Å². The molecule has 0 aromatic carbocycles. The largest absolute Gasteiger partial charge is 0.414 e. The lowest BCUT2D eigenvalue weighted by Crippen LogP contribution is -2.59. The summed E-state index contributed by atoms with van der Waals surface area (Å²) in [6, 6.07) is 0. The predicted octanol–water partition coefficient (Wildman–Crippen LogP) is 2.59. The molecule has 0 unspecified atom stereocenters. The Morgan fingerprint density at radius 1 is 1.14 bits per heavy atom. The summed E-state index contributed by atoms with van der Waals surface area (Å²) in [5, 5.41) is 8.37. The maximum Gasteiger partial charge on any atom is 0.292 e. The van der Waals surface area contributed by atoms with Crippen molar-refractivity contribution in [3.63, 3.8) is 0 Å². The molecule has 0 radical (unpaired) electrons. The van der Waals surface area contributed by atoms with Crippen molar-refractivity contribution in [1.82, 2.24) is 15.0 Å². The summed E-state index contributed by atoms with van der Waals surface area (Å²) < 4.78 is 52.1. The van der Waals surface area contributed by atoms with Crippen molar-refractivity contribution in [1.29, 1.82) is 0 Å². The summed E-state index contributed by atoms with van der Waals surface area (Å²) >= 11 is 0. The van der Waals surface area contributed by atoms with Crippen molar-refractivity contribution < 1.29 is 31.0 Å². The number of amides is 1. The van der Waals surface area contributed by atoms with Crippen LogP contribution in [-0.4, -0.2) is 70.4 Å². The van der Waals surface area contributed by atoms with Gasteiger partial charge in [-0.05, 0) is 36.3 Å². The molecule has 4 atom stereocenters. The molecule has 1 fully saturated rings. The first-order valence-electron chi connectivity index (χ1n) is 12.2. The fourth-order valence-corrected chi connectivity index (χ4v) is 7.30. The Balaban J connectivity index is 2.19. The number of nitrogens with zero attached hydrogens (tertiary/aromatic N) is 3. The Labute approximate surface area is 221 Å². The molecule has 15 heteroatoms. The number of hydrogen-bond acceptors (Lipinski definition) is 10. The second kappa shape index (κ2) is 9.24. The summed E-state index contributed by atoms with van der Waals surface area (Å²) in [6.45, 7) is 20.6. The summed E-state index contributed by atoms with van der Waals surface area (Å²) in [5.41, 5.74) is 10.2. The molecule has 2 aliphatic heterocycles. The highest BCUT2D eigenvalue weighted by Crippen LogP contribution is 2.52. The third-order valence-electron chi connectivity index (χ3n) is 8.14. The molecular formula is C22H41N5O7SSi2. The van der Waals surface area contributed by atoms with Crippen molar-refractivity contribution in [2.24, 2.45) is 11.5 Å². The van der Waals surface area contributed by atoms with E-state index in [0.29, 0.717) is 0 Å². The number of ether oxygens (including phenoxy) is 1. The summed E-state index contributed by atoms with van der Waals surface area (Å²) in [7, 11) is -9.06. The van der Waals surface area contributed by atoms with Crippen LogP contribution in [0.5, 0.6) is 0 Å². The van der Waals surface area contributed by atoms with Crippen LogP contribution in [0.15, 0.2) is 17.3 Å². The highest BCUT2D eigenvalue weighted by atomic mass is 32.2. The van der Waals surface area contributed by atoms with E-state index in [1.54, 1.807) is 0 Å². The molecule has 1 saturated heterocycles. The fourth-order valence-electron chi connectivity index (χ4n) is 3.80. The zero-order chi connectivity index (χ0) is 28.4. The van der Waals surface area contributed by atoms with Crippen LogP contribution in [0.4, 0.5) is 0 Å². The second-order valence-corrected chi connectivity index (χ2v) is 23.7. The highest BCUT2D eigenvalue weighted by molar-refractivity contribution is 7.90. The third kappa shape index (κ3) is 5.31. The smallest absolute Gasteiger partial charge is 0.292 e. The lowest BCUT2D eigenvalue weighted by Gasteiger charge is -2.43. The first-order valence-corrected chi connectivity index (χ1v) is 19.4. The van der Waals surface area contributed by atoms with Gasteiger partial charge in [-0.25, -0.2) is 8.86 Å². The lowest BCUT2D eigenvalue weighted by molar-refractivity contribution is -0.0601. The summed E-state index contributed by atoms with van der Waals surface area (Å²) in [4.78, 5) is 12.2. The van der Waals surface area contributed by atoms with E-state index in [0.717, 1.165) is 5.41 Å². The van der Waals surface area contributed by atoms with E-state index in [-0.39, 0.29) is 28.1 Å². The van der Waals surface area contributed by atoms with Gasteiger partial charge in [-0.3, -0.25) is 4.79 Å². The predicted molar refractivity (Wildman–Crippen MR) is 143 cm³/mol. The van der Waals surface area contributed by atoms with Gasteiger partial charge in [0.1, 0.15) is 17.9 Å². The fraction of sp³-hybridized carbons (Fsp3) is 0.773. The number of carbonyl (C=O) groups excluding carboxylic acids is 1. The molecule has 3 rings (SSSR count). The van der Waals surface area contributed by atoms with Gasteiger partial charge in [0.25, 0.3) is 16.0 Å². The van der Waals surface area contributed by atoms with Crippen LogP contribution < -0.4 is 11.5 Å². The van der Waals surface area contributed by atoms with Crippen molar-refractivity contribution in [3.8, 4) is 0 Å². The Kier molecular flexibility index (Phi) is 7.47. The van der Waals surface area contributed by atoms with Gasteiger partial charge >= 0.3 is 0 Å². The van der Waals surface area contributed by atoms with E-state index in [4.69, 9.17) is 29.2 Å². The van der Waals surface area contributed by atoms with Crippen molar-refractivity contribution >= 4 is 32.7 Å². The van der Waals surface area contributed by atoms with E-state index < -0.39 is 56.7 Å². The average Bonchev–Trinajstić information content (AvgIpc) is 3.34. The number of primary amides is 1. The van der Waals surface area contributed by atoms with Crippen LogP contribution in [0.1, 0.15) is 58.3 Å². The number of hydrogen-bond donors (Lipinski definition) is 2. The molecule has 4 N–H and O–H groups in total. The Bertz CT molecular complexity index is 1190. The minimum Gasteiger partial charge on any atom is -0.414 e. The van der Waals surface area contributed by atoms with E-state index in [1.165, 1.54) is 10.9 Å². The summed E-state index contributed by atoms with van der Waals surface area (Å²) in [5.74, 6) is -0.779. The van der Waals surface area contributed by atoms with Gasteiger partial charge in [-0.2, -0.15) is 8.42 Å². The molecule has 1 aromatic rings. The normalized spacial score (nSPS) is 28.6. The first kappa shape index (κ1) is 29.9. The Hall–Kier alpha value is -1.63. The number of aromatic nitrogens is 3. The SMILES string of the molecule is CC(C)(C)[Si](C)(C)OC[C@H]1O[C@@H](n2nncc2C(N)=O)[C@H](O[Si](C)(C)C(C)(C)C)[C@]12OS(=O)(=O)C=C2N. The molecule has 37 heavy (non-hydrogen) atoms. The maximum absolute atomic E-state index is 12.8. The van der Waals surface area contributed by atoms with Crippen LogP contribution in [0, 0.1) is 0 Å². The quantitative estimate of drug-likeness (QED) is 0.364. The molecule has 0 aliphatic carbocycles. The van der Waals surface area contributed by atoms with Gasteiger partial charge in [-0.15, -0.1) is 5.10 Å². The molecule has 1 aromatic heterocycles. The molecule has 1 amide bonds. The molecule has 0 saturated carbocycles. The first-order chi connectivity index (χ1) is 16.6. The molecule has 210 valence electrons. The van der Waals surface area contributed by atoms with Crippen LogP contribution >= 0.6 is 0 Å². The van der Waals surface area contributed by atoms with Gasteiger partial charge < -0.3 is 25.1 Å². The number of rotatable bonds is 7. The monoisotopic (exact) mass is 575 g/mol. The van der Waals surface area contributed by atoms with Crippen molar-refractivity contribution in [2.45, 2.75) is 102 Å². The minimum atomic E-state index is -4.16. The van der Waals surface area contributed by atoms with E-state index in [2.05, 4.69) is 44.2 Å². The molecular weight excluding hydrogens is 535 g/mol. The third-order valence-corrected chi connectivity index (χ3v) is 18.1. The van der Waals surface area contributed by atoms with Crippen LogP contribution in [0.3, 0.4) is 0 Å². The van der Waals surface area contributed by atoms with E-state index in [9.17, 15) is 13.2 Å². The van der Waals surface area contributed by atoms with E-state index in [1.807, 2.05) is 33.9 Å². The molecule has 1 spiro atoms. The summed E-state index contributed by atoms with van der Waals surface area (Å²) in [6.07, 6.45) is -2.01. The van der Waals surface area contributed by atoms with Gasteiger partial charge in [0.05, 0.1) is 23.9 Å². The maximum atomic E-state index is 12.8. The number of carbonyl (C=O) groups is 1.